The van der Waals surface area contributed by atoms with Crippen molar-refractivity contribution < 1.29 is 14.8 Å². The van der Waals surface area contributed by atoms with Gasteiger partial charge in [0.1, 0.15) is 0 Å². The number of rotatable bonds is 4. The molecule has 21 heavy (non-hydrogen) atoms. The fourth-order valence-electron chi connectivity index (χ4n) is 2.11. The van der Waals surface area contributed by atoms with Crippen molar-refractivity contribution in [2.45, 2.75) is 13.8 Å². The van der Waals surface area contributed by atoms with Gasteiger partial charge in [0, 0.05) is 11.1 Å². The molecule has 0 aromatic heterocycles. The summed E-state index contributed by atoms with van der Waals surface area (Å²) in [4.78, 5) is 23.2. The van der Waals surface area contributed by atoms with Crippen molar-refractivity contribution in [2.75, 3.05) is 6.54 Å². The number of nitrogens with two attached hydrogens (primary N) is 1. The monoisotopic (exact) mass is 286 g/mol. The zero-order chi connectivity index (χ0) is 15.6. The van der Waals surface area contributed by atoms with E-state index < -0.39 is 11.8 Å². The Kier molecular flexibility index (Phi) is 4.23. The minimum Gasteiger partial charge on any atom is -0.366 e. The van der Waals surface area contributed by atoms with E-state index in [2.05, 4.69) is 0 Å². The number of amides is 2. The van der Waals surface area contributed by atoms with Gasteiger partial charge in [0.15, 0.2) is 0 Å². The van der Waals surface area contributed by atoms with Crippen LogP contribution in [0.15, 0.2) is 36.4 Å². The van der Waals surface area contributed by atoms with Gasteiger partial charge < -0.3 is 5.73 Å². The summed E-state index contributed by atoms with van der Waals surface area (Å²) in [5.74, 6) is -0.752. The molecule has 0 fully saturated rings. The van der Waals surface area contributed by atoms with Crippen LogP contribution in [0.25, 0.3) is 10.8 Å². The Morgan fingerprint density at radius 2 is 1.62 bits per heavy atom. The van der Waals surface area contributed by atoms with Crippen molar-refractivity contribution in [2.24, 2.45) is 11.7 Å². The van der Waals surface area contributed by atoms with E-state index in [9.17, 15) is 14.8 Å². The number of carbonyl (C=O) groups is 2. The highest BCUT2D eigenvalue weighted by atomic mass is 16.5. The second kappa shape index (κ2) is 5.93. The first-order valence-electron chi connectivity index (χ1n) is 6.73. The second-order valence-corrected chi connectivity index (χ2v) is 5.42. The highest BCUT2D eigenvalue weighted by Gasteiger charge is 2.15. The van der Waals surface area contributed by atoms with E-state index in [1.165, 1.54) is 0 Å². The molecule has 5 heteroatoms. The van der Waals surface area contributed by atoms with Gasteiger partial charge in [0.25, 0.3) is 5.91 Å². The van der Waals surface area contributed by atoms with E-state index in [4.69, 9.17) is 5.73 Å². The van der Waals surface area contributed by atoms with Gasteiger partial charge in [0.05, 0.1) is 6.54 Å². The van der Waals surface area contributed by atoms with Crippen LogP contribution in [-0.4, -0.2) is 28.6 Å². The van der Waals surface area contributed by atoms with Gasteiger partial charge in [-0.1, -0.05) is 26.0 Å². The summed E-state index contributed by atoms with van der Waals surface area (Å²) in [6, 6.07) is 10.1. The summed E-state index contributed by atoms with van der Waals surface area (Å²) in [6.07, 6.45) is 0. The van der Waals surface area contributed by atoms with Crippen molar-refractivity contribution in [3.8, 4) is 0 Å². The normalized spacial score (nSPS) is 10.9. The minimum absolute atomic E-state index is 0.178. The third kappa shape index (κ3) is 3.38. The van der Waals surface area contributed by atoms with Crippen LogP contribution >= 0.6 is 0 Å². The predicted molar refractivity (Wildman–Crippen MR) is 80.1 cm³/mol. The quantitative estimate of drug-likeness (QED) is 0.668. The molecule has 2 amide bonds. The maximum atomic E-state index is 12.1. The number of hydroxylamine groups is 2. The molecule has 0 saturated carbocycles. The molecule has 2 aromatic carbocycles. The van der Waals surface area contributed by atoms with Gasteiger partial charge in [-0.3, -0.25) is 14.8 Å². The summed E-state index contributed by atoms with van der Waals surface area (Å²) in [5.41, 5.74) is 6.06. The van der Waals surface area contributed by atoms with Crippen molar-refractivity contribution >= 4 is 22.6 Å². The van der Waals surface area contributed by atoms with E-state index in [1.807, 2.05) is 13.8 Å². The molecule has 0 spiro atoms. The zero-order valence-corrected chi connectivity index (χ0v) is 12.0. The van der Waals surface area contributed by atoms with Gasteiger partial charge in [-0.25, -0.2) is 5.06 Å². The Hall–Kier alpha value is -2.40. The number of nitrogens with zero attached hydrogens (tertiary/aromatic N) is 1. The molecule has 0 saturated heterocycles. The predicted octanol–water partition coefficient (Wildman–Crippen LogP) is 2.43. The molecule has 0 aliphatic heterocycles. The lowest BCUT2D eigenvalue weighted by molar-refractivity contribution is -0.0647. The van der Waals surface area contributed by atoms with E-state index in [1.54, 1.807) is 36.4 Å². The highest BCUT2D eigenvalue weighted by molar-refractivity contribution is 6.01. The zero-order valence-electron chi connectivity index (χ0n) is 12.0. The minimum atomic E-state index is -0.490. The van der Waals surface area contributed by atoms with Crippen LogP contribution in [0.5, 0.6) is 0 Å². The van der Waals surface area contributed by atoms with Gasteiger partial charge in [-0.15, -0.1) is 0 Å². The van der Waals surface area contributed by atoms with Crippen LogP contribution in [0.1, 0.15) is 34.6 Å². The maximum absolute atomic E-state index is 12.1. The Morgan fingerprint density at radius 1 is 1.10 bits per heavy atom. The molecule has 0 bridgehead atoms. The maximum Gasteiger partial charge on any atom is 0.277 e. The Labute approximate surface area is 122 Å². The van der Waals surface area contributed by atoms with Crippen LogP contribution in [0.2, 0.25) is 0 Å². The van der Waals surface area contributed by atoms with E-state index in [-0.39, 0.29) is 12.5 Å². The first kappa shape index (κ1) is 15.0. The smallest absolute Gasteiger partial charge is 0.277 e. The lowest BCUT2D eigenvalue weighted by Gasteiger charge is -2.17. The van der Waals surface area contributed by atoms with Crippen LogP contribution in [0, 0.1) is 5.92 Å². The second-order valence-electron chi connectivity index (χ2n) is 5.42. The number of hydrogen-bond donors (Lipinski definition) is 2. The van der Waals surface area contributed by atoms with Gasteiger partial charge in [0.2, 0.25) is 5.91 Å². The van der Waals surface area contributed by atoms with E-state index >= 15 is 0 Å². The molecule has 2 aromatic rings. The number of carbonyl (C=O) groups excluding carboxylic acids is 2. The summed E-state index contributed by atoms with van der Waals surface area (Å²) >= 11 is 0. The average Bonchev–Trinajstić information content (AvgIpc) is 2.44. The van der Waals surface area contributed by atoms with Crippen molar-refractivity contribution in [3.05, 3.63) is 47.5 Å². The summed E-state index contributed by atoms with van der Waals surface area (Å²) in [6.45, 7) is 4.11. The number of benzene rings is 2. The molecule has 0 radical (unpaired) electrons. The van der Waals surface area contributed by atoms with Gasteiger partial charge in [-0.2, -0.15) is 0 Å². The van der Waals surface area contributed by atoms with Gasteiger partial charge >= 0.3 is 0 Å². The highest BCUT2D eigenvalue weighted by Crippen LogP contribution is 2.19. The molecule has 0 aliphatic carbocycles. The number of primary amides is 1. The molecule has 0 unspecified atom stereocenters. The molecule has 5 nitrogen and oxygen atoms in total. The van der Waals surface area contributed by atoms with E-state index in [0.717, 1.165) is 15.8 Å². The van der Waals surface area contributed by atoms with Gasteiger partial charge in [-0.05, 0) is 41.0 Å². The molecular weight excluding hydrogens is 268 g/mol. The molecule has 110 valence electrons. The summed E-state index contributed by atoms with van der Waals surface area (Å²) < 4.78 is 0. The first-order chi connectivity index (χ1) is 9.88. The molecule has 2 rings (SSSR count). The number of hydrogen-bond acceptors (Lipinski definition) is 3. The van der Waals surface area contributed by atoms with E-state index in [0.29, 0.717) is 11.1 Å². The topological polar surface area (TPSA) is 83.6 Å². The Bertz CT molecular complexity index is 695. The van der Waals surface area contributed by atoms with Crippen LogP contribution in [0.3, 0.4) is 0 Å². The Morgan fingerprint density at radius 3 is 2.14 bits per heavy atom. The molecule has 3 N–H and O–H groups in total. The first-order valence-corrected chi connectivity index (χ1v) is 6.73. The summed E-state index contributed by atoms with van der Waals surface area (Å²) in [5, 5.41) is 12.1. The van der Waals surface area contributed by atoms with Crippen molar-refractivity contribution in [3.63, 3.8) is 0 Å². The Balaban J connectivity index is 2.33. The molecule has 0 heterocycles. The fraction of sp³-hybridized carbons (Fsp3) is 0.250. The molecule has 0 atom stereocenters. The fourth-order valence-corrected chi connectivity index (χ4v) is 2.11. The van der Waals surface area contributed by atoms with Crippen LogP contribution in [-0.2, 0) is 0 Å². The third-order valence-electron chi connectivity index (χ3n) is 3.14. The lowest BCUT2D eigenvalue weighted by Crippen LogP contribution is -2.30. The molecular formula is C16H18N2O3. The van der Waals surface area contributed by atoms with Crippen LogP contribution < -0.4 is 5.73 Å². The number of fused-ring (bicyclic) bond motifs is 1. The van der Waals surface area contributed by atoms with Crippen LogP contribution in [0.4, 0.5) is 0 Å². The standard InChI is InChI=1S/C16H18N2O3/c1-10(2)9-18(21)16(20)14-6-4-11-7-13(15(17)19)5-3-12(11)8-14/h3-8,10,21H,9H2,1-2H3,(H2,17,19). The third-order valence-corrected chi connectivity index (χ3v) is 3.14. The average molecular weight is 286 g/mol. The lowest BCUT2D eigenvalue weighted by atomic mass is 10.0. The molecule has 0 aliphatic rings. The SMILES string of the molecule is CC(C)CN(O)C(=O)c1ccc2cc(C(N)=O)ccc2c1. The van der Waals surface area contributed by atoms with Crippen molar-refractivity contribution in [1.29, 1.82) is 0 Å². The summed E-state index contributed by atoms with van der Waals surface area (Å²) in [7, 11) is 0. The van der Waals surface area contributed by atoms with Crippen molar-refractivity contribution in [1.82, 2.24) is 5.06 Å². The largest absolute Gasteiger partial charge is 0.366 e.